The maximum absolute atomic E-state index is 11.5. The lowest BCUT2D eigenvalue weighted by Crippen LogP contribution is -1.96. The molecule has 1 unspecified atom stereocenters. The Kier molecular flexibility index (Phi) is 3.00. The molecule has 42 valence electrons. The fourth-order valence-electron chi connectivity index (χ4n) is 0.119. The molecule has 0 aromatic rings. The third-order valence-electron chi connectivity index (χ3n) is 0.267. The van der Waals surface area contributed by atoms with Gasteiger partial charge in [-0.05, 0) is 0 Å². The molecule has 0 radical (unpaired) electrons. The number of nitrogens with two attached hydrogens (primary N) is 1. The number of alkyl halides is 1. The Bertz CT molecular complexity index is 64.0. The summed E-state index contributed by atoms with van der Waals surface area (Å²) in [5.41, 5.74) is 4.69. The molecule has 0 aromatic heterocycles. The number of oxime groups is 1. The number of halogens is 1. The van der Waals surface area contributed by atoms with E-state index in [1.807, 2.05) is 0 Å². The molecule has 4 heteroatoms. The van der Waals surface area contributed by atoms with Crippen LogP contribution < -0.4 is 5.73 Å². The van der Waals surface area contributed by atoms with Gasteiger partial charge in [0, 0.05) is 6.92 Å². The smallest absolute Gasteiger partial charge is 0.261 e. The van der Waals surface area contributed by atoms with E-state index in [-0.39, 0.29) is 0 Å². The number of hydrogen-bond acceptors (Lipinski definition) is 2. The second-order valence-corrected chi connectivity index (χ2v) is 0.903. The zero-order chi connectivity index (χ0) is 5.70. The van der Waals surface area contributed by atoms with Crippen molar-refractivity contribution in [2.75, 3.05) is 0 Å². The number of hydrogen-bond donors (Lipinski definition) is 1. The molecule has 0 saturated carbocycles. The summed E-state index contributed by atoms with van der Waals surface area (Å²) in [4.78, 5) is 3.97. The number of rotatable bonds is 2. The fraction of sp³-hybridized carbons (Fsp3) is 0.667. The first-order chi connectivity index (χ1) is 3.27. The molecule has 0 aliphatic carbocycles. The topological polar surface area (TPSA) is 47.6 Å². The maximum Gasteiger partial charge on any atom is 0.261 e. The summed E-state index contributed by atoms with van der Waals surface area (Å²) < 4.78 is 11.5. The van der Waals surface area contributed by atoms with Gasteiger partial charge in [-0.15, -0.1) is 0 Å². The van der Waals surface area contributed by atoms with Gasteiger partial charge in [0.15, 0.2) is 0 Å². The van der Waals surface area contributed by atoms with Crippen molar-refractivity contribution in [1.29, 1.82) is 0 Å². The van der Waals surface area contributed by atoms with Crippen LogP contribution in [-0.4, -0.2) is 12.7 Å². The largest absolute Gasteiger partial charge is 0.387 e. The highest BCUT2D eigenvalue weighted by Crippen LogP contribution is 1.88. The normalized spacial score (nSPS) is 14.6. The third-order valence-corrected chi connectivity index (χ3v) is 0.267. The van der Waals surface area contributed by atoms with Crippen molar-refractivity contribution in [3.05, 3.63) is 0 Å². The average molecular weight is 106 g/mol. The van der Waals surface area contributed by atoms with Gasteiger partial charge < -0.3 is 10.6 Å². The Labute approximate surface area is 40.9 Å². The Balaban J connectivity index is 2.97. The average Bonchev–Trinajstić information content (AvgIpc) is 1.61. The summed E-state index contributed by atoms with van der Waals surface area (Å²) in [6, 6.07) is 0. The van der Waals surface area contributed by atoms with E-state index in [2.05, 4.69) is 9.99 Å². The van der Waals surface area contributed by atoms with Gasteiger partial charge in [0.05, 0.1) is 0 Å². The first-order valence-corrected chi connectivity index (χ1v) is 1.81. The lowest BCUT2D eigenvalue weighted by Gasteiger charge is -1.93. The highest BCUT2D eigenvalue weighted by molar-refractivity contribution is 5.49. The van der Waals surface area contributed by atoms with Crippen LogP contribution in [0, 0.1) is 0 Å². The molecule has 0 saturated heterocycles. The zero-order valence-electron chi connectivity index (χ0n) is 3.97. The van der Waals surface area contributed by atoms with Crippen LogP contribution in [0.15, 0.2) is 5.16 Å². The maximum atomic E-state index is 11.5. The van der Waals surface area contributed by atoms with Crippen LogP contribution in [0.5, 0.6) is 0 Å². The van der Waals surface area contributed by atoms with Crippen LogP contribution in [0.3, 0.4) is 0 Å². The van der Waals surface area contributed by atoms with Crippen molar-refractivity contribution in [3.8, 4) is 0 Å². The van der Waals surface area contributed by atoms with Crippen LogP contribution in [0.25, 0.3) is 0 Å². The molecule has 2 N–H and O–H groups in total. The van der Waals surface area contributed by atoms with Crippen molar-refractivity contribution in [2.45, 2.75) is 13.3 Å². The van der Waals surface area contributed by atoms with E-state index in [1.54, 1.807) is 0 Å². The van der Waals surface area contributed by atoms with E-state index in [0.29, 0.717) is 0 Å². The predicted molar refractivity (Wildman–Crippen MR) is 24.3 cm³/mol. The summed E-state index contributed by atoms with van der Waals surface area (Å²) in [5, 5.41) is 2.95. The zero-order valence-corrected chi connectivity index (χ0v) is 3.97. The van der Waals surface area contributed by atoms with Gasteiger partial charge in [-0.3, -0.25) is 0 Å². The Morgan fingerprint density at radius 1 is 2.00 bits per heavy atom. The standard InChI is InChI=1S/C3H7FN2O/c1-3(4)7-6-2-5/h2-3H,1H3,(H2,5,6). The summed E-state index contributed by atoms with van der Waals surface area (Å²) in [6.07, 6.45) is -0.490. The van der Waals surface area contributed by atoms with Crippen LogP contribution in [0.4, 0.5) is 4.39 Å². The SMILES string of the molecule is CC(F)ON=CN. The monoisotopic (exact) mass is 106 g/mol. The van der Waals surface area contributed by atoms with Crippen LogP contribution in [-0.2, 0) is 4.84 Å². The first kappa shape index (κ1) is 6.20. The van der Waals surface area contributed by atoms with Crippen molar-refractivity contribution in [3.63, 3.8) is 0 Å². The van der Waals surface area contributed by atoms with Crippen molar-refractivity contribution in [1.82, 2.24) is 0 Å². The van der Waals surface area contributed by atoms with Gasteiger partial charge in [0.2, 0.25) is 0 Å². The van der Waals surface area contributed by atoms with Gasteiger partial charge in [-0.2, -0.15) is 4.39 Å². The molecule has 7 heavy (non-hydrogen) atoms. The molecule has 0 bridgehead atoms. The lowest BCUT2D eigenvalue weighted by molar-refractivity contribution is -0.0208. The second-order valence-electron chi connectivity index (χ2n) is 0.903. The molecule has 0 aliphatic heterocycles. The number of nitrogens with zero attached hydrogens (tertiary/aromatic N) is 1. The van der Waals surface area contributed by atoms with E-state index in [9.17, 15) is 4.39 Å². The summed E-state index contributed by atoms with van der Waals surface area (Å²) in [7, 11) is 0. The van der Waals surface area contributed by atoms with E-state index < -0.39 is 6.36 Å². The van der Waals surface area contributed by atoms with E-state index in [1.165, 1.54) is 6.92 Å². The molecule has 0 rings (SSSR count). The molecule has 0 spiro atoms. The molecule has 0 heterocycles. The third kappa shape index (κ3) is 5.20. The van der Waals surface area contributed by atoms with Gasteiger partial charge in [-0.25, -0.2) is 0 Å². The molecule has 0 aromatic carbocycles. The van der Waals surface area contributed by atoms with E-state index >= 15 is 0 Å². The fourth-order valence-corrected chi connectivity index (χ4v) is 0.119. The molecule has 0 fully saturated rings. The highest BCUT2D eigenvalue weighted by atomic mass is 19.1. The minimum absolute atomic E-state index is 0.885. The van der Waals surface area contributed by atoms with Gasteiger partial charge in [0.1, 0.15) is 6.34 Å². The molecule has 0 amide bonds. The molecule has 3 nitrogen and oxygen atoms in total. The van der Waals surface area contributed by atoms with Crippen LogP contribution in [0.1, 0.15) is 6.92 Å². The minimum atomic E-state index is -1.38. The first-order valence-electron chi connectivity index (χ1n) is 1.81. The molecular weight excluding hydrogens is 99.0 g/mol. The van der Waals surface area contributed by atoms with Gasteiger partial charge in [-0.1, -0.05) is 5.16 Å². The van der Waals surface area contributed by atoms with E-state index in [4.69, 9.17) is 5.73 Å². The van der Waals surface area contributed by atoms with Gasteiger partial charge >= 0.3 is 0 Å². The Morgan fingerprint density at radius 2 is 2.57 bits per heavy atom. The minimum Gasteiger partial charge on any atom is -0.387 e. The predicted octanol–water partition coefficient (Wildman–Crippen LogP) is 0.221. The lowest BCUT2D eigenvalue weighted by atomic mass is 10.8. The molecule has 0 aliphatic rings. The Morgan fingerprint density at radius 3 is 2.71 bits per heavy atom. The van der Waals surface area contributed by atoms with Crippen molar-refractivity contribution < 1.29 is 9.23 Å². The van der Waals surface area contributed by atoms with Crippen LogP contribution >= 0.6 is 0 Å². The van der Waals surface area contributed by atoms with Crippen molar-refractivity contribution in [2.24, 2.45) is 10.9 Å². The van der Waals surface area contributed by atoms with Crippen molar-refractivity contribution >= 4 is 6.34 Å². The second kappa shape index (κ2) is 3.39. The molecular formula is C3H7FN2O. The summed E-state index contributed by atoms with van der Waals surface area (Å²) in [5.74, 6) is 0. The quantitative estimate of drug-likeness (QED) is 0.311. The van der Waals surface area contributed by atoms with Gasteiger partial charge in [0.25, 0.3) is 6.36 Å². The molecule has 1 atom stereocenters. The Hall–Kier alpha value is -0.800. The highest BCUT2D eigenvalue weighted by Gasteiger charge is 1.89. The summed E-state index contributed by atoms with van der Waals surface area (Å²) >= 11 is 0. The van der Waals surface area contributed by atoms with Crippen LogP contribution in [0.2, 0.25) is 0 Å². The van der Waals surface area contributed by atoms with E-state index in [0.717, 1.165) is 6.34 Å². The summed E-state index contributed by atoms with van der Waals surface area (Å²) in [6.45, 7) is 1.22.